The number of hydrogen-bond acceptors (Lipinski definition) is 3. The van der Waals surface area contributed by atoms with Crippen LogP contribution in [-0.2, 0) is 9.53 Å². The lowest BCUT2D eigenvalue weighted by Gasteiger charge is -2.29. The number of likely N-dealkylation sites (tertiary alicyclic amines) is 2. The summed E-state index contributed by atoms with van der Waals surface area (Å²) in [6, 6.07) is 10.0. The summed E-state index contributed by atoms with van der Waals surface area (Å²) in [6.07, 6.45) is 8.88. The molecule has 26 heavy (non-hydrogen) atoms. The van der Waals surface area contributed by atoms with Gasteiger partial charge in [0, 0.05) is 31.6 Å². The van der Waals surface area contributed by atoms with E-state index in [-0.39, 0.29) is 18.0 Å². The Hall–Kier alpha value is -2.30. The van der Waals surface area contributed by atoms with Gasteiger partial charge in [-0.15, -0.1) is 0 Å². The summed E-state index contributed by atoms with van der Waals surface area (Å²) in [5, 5.41) is 0. The molecule has 3 atom stereocenters. The van der Waals surface area contributed by atoms with Crippen molar-refractivity contribution in [3.05, 3.63) is 42.0 Å². The first kappa shape index (κ1) is 17.1. The van der Waals surface area contributed by atoms with Crippen molar-refractivity contribution in [2.45, 2.75) is 50.8 Å². The van der Waals surface area contributed by atoms with Crippen LogP contribution in [0.2, 0.25) is 0 Å². The number of nitrogens with zero attached hydrogens (tertiary/aromatic N) is 2. The van der Waals surface area contributed by atoms with Gasteiger partial charge in [0.1, 0.15) is 0 Å². The minimum Gasteiger partial charge on any atom is -0.425 e. The van der Waals surface area contributed by atoms with E-state index < -0.39 is 6.23 Å². The molecule has 3 fully saturated rings. The molecule has 2 amide bonds. The average molecular weight is 354 g/mol. The minimum atomic E-state index is -0.425. The van der Waals surface area contributed by atoms with Gasteiger partial charge >= 0.3 is 6.09 Å². The minimum absolute atomic E-state index is 0.0533. The van der Waals surface area contributed by atoms with Gasteiger partial charge in [-0.05, 0) is 43.2 Å². The van der Waals surface area contributed by atoms with Crippen molar-refractivity contribution < 1.29 is 14.3 Å². The van der Waals surface area contributed by atoms with Crippen LogP contribution in [0.25, 0.3) is 6.08 Å². The maximum Gasteiger partial charge on any atom is 0.411 e. The molecule has 0 aromatic heterocycles. The van der Waals surface area contributed by atoms with Crippen molar-refractivity contribution in [1.82, 2.24) is 9.80 Å². The first-order valence-electron chi connectivity index (χ1n) is 9.73. The van der Waals surface area contributed by atoms with E-state index in [0.29, 0.717) is 5.92 Å². The van der Waals surface area contributed by atoms with Gasteiger partial charge in [0.05, 0.1) is 0 Å². The number of hydrogen-bond donors (Lipinski definition) is 0. The quantitative estimate of drug-likeness (QED) is 0.779. The third kappa shape index (κ3) is 3.48. The van der Waals surface area contributed by atoms with Gasteiger partial charge < -0.3 is 9.64 Å². The summed E-state index contributed by atoms with van der Waals surface area (Å²) in [5.41, 5.74) is 0.994. The molecule has 0 unspecified atom stereocenters. The van der Waals surface area contributed by atoms with Gasteiger partial charge in [-0.25, -0.2) is 4.79 Å². The number of carbonyl (C=O) groups is 2. The van der Waals surface area contributed by atoms with Crippen LogP contribution >= 0.6 is 0 Å². The first-order chi connectivity index (χ1) is 12.7. The van der Waals surface area contributed by atoms with Gasteiger partial charge in [-0.1, -0.05) is 36.8 Å². The maximum absolute atomic E-state index is 12.9. The Balaban J connectivity index is 1.47. The zero-order valence-corrected chi connectivity index (χ0v) is 15.0. The van der Waals surface area contributed by atoms with E-state index in [2.05, 4.69) is 0 Å². The van der Waals surface area contributed by atoms with E-state index in [0.717, 1.165) is 57.2 Å². The lowest BCUT2D eigenvalue weighted by Crippen LogP contribution is -2.44. The van der Waals surface area contributed by atoms with Crippen molar-refractivity contribution in [2.75, 3.05) is 13.1 Å². The largest absolute Gasteiger partial charge is 0.425 e. The highest BCUT2D eigenvalue weighted by molar-refractivity contribution is 5.92. The van der Waals surface area contributed by atoms with Crippen LogP contribution in [0.1, 0.15) is 44.1 Å². The molecule has 1 aromatic carbocycles. The fraction of sp³-hybridized carbons (Fsp3) is 0.524. The standard InChI is InChI=1S/C21H26N2O3/c24-19(12-11-16-7-2-1-3-8-16)23-18-10-6-9-17(18)15-20(23)26-21(25)22-13-4-5-14-22/h1-3,7-8,11-12,17-18,20H,4-6,9-10,13-15H2/t17-,18-,20-/m0/s1. The number of ether oxygens (including phenoxy) is 1. The summed E-state index contributed by atoms with van der Waals surface area (Å²) in [5.74, 6) is 0.405. The van der Waals surface area contributed by atoms with Crippen LogP contribution in [0.3, 0.4) is 0 Å². The van der Waals surface area contributed by atoms with E-state index >= 15 is 0 Å². The molecule has 0 N–H and O–H groups in total. The Bertz CT molecular complexity index is 682. The maximum atomic E-state index is 12.9. The van der Waals surface area contributed by atoms with Crippen LogP contribution in [0.5, 0.6) is 0 Å². The summed E-state index contributed by atoms with van der Waals surface area (Å²) >= 11 is 0. The Morgan fingerprint density at radius 2 is 1.81 bits per heavy atom. The number of fused-ring (bicyclic) bond motifs is 1. The Morgan fingerprint density at radius 1 is 1.04 bits per heavy atom. The van der Waals surface area contributed by atoms with E-state index in [1.165, 1.54) is 0 Å². The lowest BCUT2D eigenvalue weighted by molar-refractivity contribution is -0.136. The highest BCUT2D eigenvalue weighted by Gasteiger charge is 2.47. The second kappa shape index (κ2) is 7.52. The molecule has 2 saturated heterocycles. The summed E-state index contributed by atoms with van der Waals surface area (Å²) in [6.45, 7) is 1.53. The fourth-order valence-corrected chi connectivity index (χ4v) is 4.56. The molecule has 5 nitrogen and oxygen atoms in total. The molecule has 2 heterocycles. The number of amides is 2. The van der Waals surface area contributed by atoms with Crippen LogP contribution in [0.15, 0.2) is 36.4 Å². The molecular formula is C21H26N2O3. The molecule has 138 valence electrons. The van der Waals surface area contributed by atoms with Crippen molar-refractivity contribution in [2.24, 2.45) is 5.92 Å². The Kier molecular flexibility index (Phi) is 4.96. The van der Waals surface area contributed by atoms with Crippen LogP contribution in [0, 0.1) is 5.92 Å². The van der Waals surface area contributed by atoms with Crippen LogP contribution < -0.4 is 0 Å². The molecule has 1 saturated carbocycles. The summed E-state index contributed by atoms with van der Waals surface area (Å²) in [7, 11) is 0. The monoisotopic (exact) mass is 354 g/mol. The number of carbonyl (C=O) groups excluding carboxylic acids is 2. The van der Waals surface area contributed by atoms with Crippen LogP contribution in [0.4, 0.5) is 4.79 Å². The molecule has 0 radical (unpaired) electrons. The van der Waals surface area contributed by atoms with Crippen molar-refractivity contribution in [3.63, 3.8) is 0 Å². The molecule has 0 spiro atoms. The van der Waals surface area contributed by atoms with E-state index in [4.69, 9.17) is 4.74 Å². The zero-order chi connectivity index (χ0) is 17.9. The van der Waals surface area contributed by atoms with E-state index in [9.17, 15) is 9.59 Å². The Labute approximate surface area is 154 Å². The second-order valence-corrected chi connectivity index (χ2v) is 7.52. The summed E-state index contributed by atoms with van der Waals surface area (Å²) < 4.78 is 5.78. The SMILES string of the molecule is O=C(O[C@H]1C[C@@H]2CCC[C@@H]2N1C(=O)C=Cc1ccccc1)N1CCCC1. The van der Waals surface area contributed by atoms with Gasteiger partial charge in [-0.2, -0.15) is 0 Å². The Morgan fingerprint density at radius 3 is 2.58 bits per heavy atom. The predicted octanol–water partition coefficient (Wildman–Crippen LogP) is 3.66. The molecule has 1 aliphatic carbocycles. The smallest absolute Gasteiger partial charge is 0.411 e. The van der Waals surface area contributed by atoms with Crippen LogP contribution in [-0.4, -0.2) is 47.2 Å². The molecule has 4 rings (SSSR count). The third-order valence-corrected chi connectivity index (χ3v) is 5.86. The van der Waals surface area contributed by atoms with Crippen molar-refractivity contribution in [1.29, 1.82) is 0 Å². The molecule has 3 aliphatic rings. The number of rotatable bonds is 3. The molecular weight excluding hydrogens is 328 g/mol. The van der Waals surface area contributed by atoms with E-state index in [1.807, 2.05) is 41.3 Å². The van der Waals surface area contributed by atoms with Gasteiger partial charge in [0.25, 0.3) is 0 Å². The summed E-state index contributed by atoms with van der Waals surface area (Å²) in [4.78, 5) is 28.9. The highest BCUT2D eigenvalue weighted by Crippen LogP contribution is 2.42. The fourth-order valence-electron chi connectivity index (χ4n) is 4.56. The van der Waals surface area contributed by atoms with Gasteiger partial charge in [0.15, 0.2) is 6.23 Å². The highest BCUT2D eigenvalue weighted by atomic mass is 16.6. The van der Waals surface area contributed by atoms with Gasteiger partial charge in [0.2, 0.25) is 5.91 Å². The predicted molar refractivity (Wildman–Crippen MR) is 99.1 cm³/mol. The van der Waals surface area contributed by atoms with E-state index in [1.54, 1.807) is 11.0 Å². The van der Waals surface area contributed by atoms with Crippen molar-refractivity contribution in [3.8, 4) is 0 Å². The lowest BCUT2D eigenvalue weighted by atomic mass is 10.0. The molecule has 2 aliphatic heterocycles. The first-order valence-corrected chi connectivity index (χ1v) is 9.73. The number of benzene rings is 1. The molecule has 1 aromatic rings. The topological polar surface area (TPSA) is 49.9 Å². The van der Waals surface area contributed by atoms with Crippen molar-refractivity contribution >= 4 is 18.1 Å². The zero-order valence-electron chi connectivity index (χ0n) is 15.0. The third-order valence-electron chi connectivity index (χ3n) is 5.86. The van der Waals surface area contributed by atoms with Gasteiger partial charge in [-0.3, -0.25) is 9.69 Å². The molecule has 0 bridgehead atoms. The normalized spacial score (nSPS) is 27.9. The average Bonchev–Trinajstić information content (AvgIpc) is 3.37. The molecule has 5 heteroatoms. The second-order valence-electron chi connectivity index (χ2n) is 7.52.